The normalized spacial score (nSPS) is 10.3. The molecule has 0 atom stereocenters. The summed E-state index contributed by atoms with van der Waals surface area (Å²) in [5.74, 6) is 0.618. The van der Waals surface area contributed by atoms with Crippen LogP contribution >= 0.6 is 11.6 Å². The second-order valence-electron chi connectivity index (χ2n) is 5.08. The third kappa shape index (κ3) is 4.28. The monoisotopic (exact) mass is 357 g/mol. The van der Waals surface area contributed by atoms with Gasteiger partial charge in [-0.1, -0.05) is 29.8 Å². The predicted molar refractivity (Wildman–Crippen MR) is 90.7 cm³/mol. The van der Waals surface area contributed by atoms with E-state index in [0.29, 0.717) is 17.3 Å². The summed E-state index contributed by atoms with van der Waals surface area (Å²) in [4.78, 5) is 4.07. The van der Waals surface area contributed by atoms with Crippen molar-refractivity contribution in [3.8, 4) is 11.8 Å². The van der Waals surface area contributed by atoms with E-state index in [-0.39, 0.29) is 29.9 Å². The number of rotatable bonds is 6. The van der Waals surface area contributed by atoms with Crippen LogP contribution in [0.4, 0.5) is 10.3 Å². The SMILES string of the molecule is N#Cc1nc(COc2ccc(F)cc2)oc1NCc1ccccc1Cl. The fraction of sp³-hybridized carbons (Fsp3) is 0.111. The van der Waals surface area contributed by atoms with Crippen LogP contribution in [0.1, 0.15) is 17.1 Å². The Morgan fingerprint density at radius 3 is 2.68 bits per heavy atom. The average molecular weight is 358 g/mol. The van der Waals surface area contributed by atoms with Gasteiger partial charge >= 0.3 is 0 Å². The Morgan fingerprint density at radius 2 is 1.96 bits per heavy atom. The van der Waals surface area contributed by atoms with E-state index in [1.807, 2.05) is 24.3 Å². The van der Waals surface area contributed by atoms with Crippen molar-refractivity contribution in [2.75, 3.05) is 5.32 Å². The second-order valence-corrected chi connectivity index (χ2v) is 5.49. The van der Waals surface area contributed by atoms with Gasteiger partial charge in [0.25, 0.3) is 0 Å². The topological polar surface area (TPSA) is 71.1 Å². The van der Waals surface area contributed by atoms with E-state index >= 15 is 0 Å². The molecule has 25 heavy (non-hydrogen) atoms. The Balaban J connectivity index is 1.66. The number of nitriles is 1. The maximum Gasteiger partial charge on any atom is 0.236 e. The van der Waals surface area contributed by atoms with Crippen LogP contribution < -0.4 is 10.1 Å². The molecule has 126 valence electrons. The number of nitrogens with one attached hydrogen (secondary N) is 1. The first kappa shape index (κ1) is 16.8. The minimum absolute atomic E-state index is 0.0219. The molecule has 0 radical (unpaired) electrons. The van der Waals surface area contributed by atoms with E-state index in [0.717, 1.165) is 5.56 Å². The summed E-state index contributed by atoms with van der Waals surface area (Å²) in [6, 6.07) is 14.9. The molecule has 0 unspecified atom stereocenters. The lowest BCUT2D eigenvalue weighted by molar-refractivity contribution is 0.264. The number of hydrogen-bond donors (Lipinski definition) is 1. The number of benzene rings is 2. The summed E-state index contributed by atoms with van der Waals surface area (Å²) in [7, 11) is 0. The first-order valence-corrected chi connectivity index (χ1v) is 7.79. The van der Waals surface area contributed by atoms with Gasteiger partial charge in [0, 0.05) is 11.6 Å². The van der Waals surface area contributed by atoms with Gasteiger partial charge in [0.1, 0.15) is 17.6 Å². The zero-order chi connectivity index (χ0) is 17.6. The van der Waals surface area contributed by atoms with E-state index in [1.165, 1.54) is 24.3 Å². The summed E-state index contributed by atoms with van der Waals surface area (Å²) in [6.07, 6.45) is 0. The highest BCUT2D eigenvalue weighted by Crippen LogP contribution is 2.21. The quantitative estimate of drug-likeness (QED) is 0.701. The summed E-state index contributed by atoms with van der Waals surface area (Å²) >= 11 is 6.10. The summed E-state index contributed by atoms with van der Waals surface area (Å²) in [6.45, 7) is 0.413. The Morgan fingerprint density at radius 1 is 1.20 bits per heavy atom. The fourth-order valence-electron chi connectivity index (χ4n) is 2.11. The zero-order valence-corrected chi connectivity index (χ0v) is 13.8. The van der Waals surface area contributed by atoms with Crippen molar-refractivity contribution < 1.29 is 13.5 Å². The third-order valence-corrected chi connectivity index (χ3v) is 3.72. The molecule has 3 aromatic rings. The highest BCUT2D eigenvalue weighted by atomic mass is 35.5. The van der Waals surface area contributed by atoms with Crippen molar-refractivity contribution in [1.29, 1.82) is 5.26 Å². The number of ether oxygens (including phenoxy) is 1. The molecule has 0 spiro atoms. The Labute approximate surface area is 148 Å². The van der Waals surface area contributed by atoms with Gasteiger partial charge in [-0.25, -0.2) is 4.39 Å². The molecule has 1 aromatic heterocycles. The number of anilines is 1. The first-order valence-electron chi connectivity index (χ1n) is 7.41. The second kappa shape index (κ2) is 7.69. The van der Waals surface area contributed by atoms with Crippen LogP contribution in [0.25, 0.3) is 0 Å². The number of aromatic nitrogens is 1. The van der Waals surface area contributed by atoms with Crippen molar-refractivity contribution in [1.82, 2.24) is 4.98 Å². The molecule has 5 nitrogen and oxygen atoms in total. The highest BCUT2D eigenvalue weighted by Gasteiger charge is 2.14. The first-order chi connectivity index (χ1) is 12.2. The Bertz CT molecular complexity index is 903. The largest absolute Gasteiger partial charge is 0.484 e. The minimum Gasteiger partial charge on any atom is -0.484 e. The van der Waals surface area contributed by atoms with Crippen LogP contribution in [0, 0.1) is 17.1 Å². The lowest BCUT2D eigenvalue weighted by atomic mass is 10.2. The van der Waals surface area contributed by atoms with E-state index in [2.05, 4.69) is 10.3 Å². The summed E-state index contributed by atoms with van der Waals surface area (Å²) in [5.41, 5.74) is 0.998. The van der Waals surface area contributed by atoms with Crippen molar-refractivity contribution in [2.24, 2.45) is 0 Å². The maximum atomic E-state index is 12.9. The van der Waals surface area contributed by atoms with Gasteiger partial charge in [0.2, 0.25) is 17.5 Å². The van der Waals surface area contributed by atoms with E-state index in [4.69, 9.17) is 20.8 Å². The lowest BCUT2D eigenvalue weighted by Gasteiger charge is -2.05. The number of nitrogens with zero attached hydrogens (tertiary/aromatic N) is 2. The Kier molecular flexibility index (Phi) is 5.17. The fourth-order valence-corrected chi connectivity index (χ4v) is 2.32. The van der Waals surface area contributed by atoms with E-state index in [9.17, 15) is 9.65 Å². The van der Waals surface area contributed by atoms with Gasteiger partial charge < -0.3 is 14.5 Å². The number of oxazole rings is 1. The van der Waals surface area contributed by atoms with Crippen LogP contribution in [0.5, 0.6) is 5.75 Å². The van der Waals surface area contributed by atoms with E-state index < -0.39 is 0 Å². The summed E-state index contributed by atoms with van der Waals surface area (Å²) < 4.78 is 23.9. The maximum absolute atomic E-state index is 12.9. The third-order valence-electron chi connectivity index (χ3n) is 3.35. The lowest BCUT2D eigenvalue weighted by Crippen LogP contribution is -2.00. The van der Waals surface area contributed by atoms with Crippen LogP contribution in [0.3, 0.4) is 0 Å². The van der Waals surface area contributed by atoms with Crippen LogP contribution in [0.2, 0.25) is 5.02 Å². The molecule has 0 saturated carbocycles. The van der Waals surface area contributed by atoms with Crippen molar-refractivity contribution in [3.05, 3.63) is 76.5 Å². The van der Waals surface area contributed by atoms with Crippen LogP contribution in [-0.2, 0) is 13.2 Å². The molecule has 0 fully saturated rings. The van der Waals surface area contributed by atoms with E-state index in [1.54, 1.807) is 6.07 Å². The van der Waals surface area contributed by atoms with Crippen LogP contribution in [0.15, 0.2) is 52.9 Å². The zero-order valence-electron chi connectivity index (χ0n) is 13.0. The molecule has 0 saturated heterocycles. The van der Waals surface area contributed by atoms with Crippen molar-refractivity contribution in [3.63, 3.8) is 0 Å². The minimum atomic E-state index is -0.346. The highest BCUT2D eigenvalue weighted by molar-refractivity contribution is 6.31. The molecular formula is C18H13ClFN3O2. The number of halogens is 2. The smallest absolute Gasteiger partial charge is 0.236 e. The molecule has 1 heterocycles. The molecule has 0 bridgehead atoms. The van der Waals surface area contributed by atoms with Gasteiger partial charge in [-0.15, -0.1) is 0 Å². The predicted octanol–water partition coefficient (Wildman–Crippen LogP) is 4.53. The standard InChI is InChI=1S/C18H13ClFN3O2/c19-15-4-2-1-3-12(15)10-22-18-16(9-21)23-17(25-18)11-24-14-7-5-13(20)6-8-14/h1-8,22H,10-11H2. The van der Waals surface area contributed by atoms with Gasteiger partial charge in [-0.05, 0) is 35.9 Å². The van der Waals surface area contributed by atoms with Gasteiger partial charge in [0.15, 0.2) is 6.61 Å². The molecule has 0 aliphatic rings. The van der Waals surface area contributed by atoms with Crippen LogP contribution in [-0.4, -0.2) is 4.98 Å². The molecule has 1 N–H and O–H groups in total. The molecule has 2 aromatic carbocycles. The summed E-state index contributed by atoms with van der Waals surface area (Å²) in [5, 5.41) is 12.8. The molecule has 0 amide bonds. The molecule has 0 aliphatic heterocycles. The van der Waals surface area contributed by atoms with Crippen molar-refractivity contribution >= 4 is 17.5 Å². The molecule has 7 heteroatoms. The van der Waals surface area contributed by atoms with Gasteiger partial charge in [-0.3, -0.25) is 0 Å². The molecule has 3 rings (SSSR count). The number of hydrogen-bond acceptors (Lipinski definition) is 5. The molecule has 0 aliphatic carbocycles. The Hall–Kier alpha value is -3.04. The van der Waals surface area contributed by atoms with Gasteiger partial charge in [-0.2, -0.15) is 10.2 Å². The van der Waals surface area contributed by atoms with Gasteiger partial charge in [0.05, 0.1) is 0 Å². The van der Waals surface area contributed by atoms with Crippen molar-refractivity contribution in [2.45, 2.75) is 13.2 Å². The average Bonchev–Trinajstić information content (AvgIpc) is 3.03. The molecular weight excluding hydrogens is 345 g/mol.